The maximum Gasteiger partial charge on any atom is 0.0151 e. The van der Waals surface area contributed by atoms with E-state index in [9.17, 15) is 0 Å². The van der Waals surface area contributed by atoms with Crippen LogP contribution in [0.15, 0.2) is 54.6 Å². The molecule has 0 saturated carbocycles. The second-order valence-corrected chi connectivity index (χ2v) is 5.63. The minimum absolute atomic E-state index is 0.529. The molecule has 1 N–H and O–H groups in total. The number of fused-ring (bicyclic) bond motifs is 1. The van der Waals surface area contributed by atoms with E-state index in [-0.39, 0.29) is 0 Å². The van der Waals surface area contributed by atoms with Gasteiger partial charge in [0.05, 0.1) is 0 Å². The van der Waals surface area contributed by atoms with Crippen LogP contribution in [0.3, 0.4) is 0 Å². The highest BCUT2D eigenvalue weighted by molar-refractivity contribution is 5.33. The Morgan fingerprint density at radius 1 is 0.947 bits per heavy atom. The van der Waals surface area contributed by atoms with E-state index in [0.29, 0.717) is 12.1 Å². The standard InChI is InChI=1S/C18H21N/c1-14(11-15-7-3-2-4-8-15)19-18-12-16-9-5-6-10-17(16)13-18/h2-10,14,18-19H,11-13H2,1H3. The van der Waals surface area contributed by atoms with E-state index in [1.54, 1.807) is 0 Å². The lowest BCUT2D eigenvalue weighted by Gasteiger charge is -2.19. The zero-order valence-electron chi connectivity index (χ0n) is 11.5. The van der Waals surface area contributed by atoms with Crippen molar-refractivity contribution in [2.75, 3.05) is 0 Å². The molecule has 1 nitrogen and oxygen atoms in total. The fourth-order valence-electron chi connectivity index (χ4n) is 3.11. The SMILES string of the molecule is CC(Cc1ccccc1)NC1Cc2ccccc2C1. The Kier molecular flexibility index (Phi) is 3.65. The molecular formula is C18H21N. The highest BCUT2D eigenvalue weighted by Crippen LogP contribution is 2.22. The number of hydrogen-bond acceptors (Lipinski definition) is 1. The third-order valence-electron chi connectivity index (χ3n) is 3.96. The van der Waals surface area contributed by atoms with Gasteiger partial charge in [-0.05, 0) is 42.9 Å². The summed E-state index contributed by atoms with van der Waals surface area (Å²) in [5.41, 5.74) is 4.46. The van der Waals surface area contributed by atoms with Crippen LogP contribution in [0.1, 0.15) is 23.6 Å². The molecule has 2 aromatic rings. The molecule has 0 aromatic heterocycles. The van der Waals surface area contributed by atoms with Crippen molar-refractivity contribution in [2.24, 2.45) is 0 Å². The summed E-state index contributed by atoms with van der Waals surface area (Å²) >= 11 is 0. The second kappa shape index (κ2) is 5.58. The van der Waals surface area contributed by atoms with Gasteiger partial charge in [-0.2, -0.15) is 0 Å². The molecule has 0 spiro atoms. The van der Waals surface area contributed by atoms with Gasteiger partial charge in [-0.3, -0.25) is 0 Å². The average Bonchev–Trinajstić information content (AvgIpc) is 2.81. The summed E-state index contributed by atoms with van der Waals surface area (Å²) in [6.45, 7) is 2.29. The molecule has 0 heterocycles. The van der Waals surface area contributed by atoms with Crippen molar-refractivity contribution in [1.29, 1.82) is 0 Å². The molecule has 0 bridgehead atoms. The Balaban J connectivity index is 1.56. The lowest BCUT2D eigenvalue weighted by molar-refractivity contribution is 0.454. The summed E-state index contributed by atoms with van der Waals surface area (Å²) in [6.07, 6.45) is 3.46. The summed E-state index contributed by atoms with van der Waals surface area (Å²) in [5, 5.41) is 3.77. The van der Waals surface area contributed by atoms with E-state index < -0.39 is 0 Å². The van der Waals surface area contributed by atoms with Gasteiger partial charge >= 0.3 is 0 Å². The maximum atomic E-state index is 3.77. The maximum absolute atomic E-state index is 3.77. The van der Waals surface area contributed by atoms with E-state index in [2.05, 4.69) is 66.8 Å². The van der Waals surface area contributed by atoms with Crippen LogP contribution >= 0.6 is 0 Å². The average molecular weight is 251 g/mol. The van der Waals surface area contributed by atoms with E-state index in [1.807, 2.05) is 0 Å². The van der Waals surface area contributed by atoms with Crippen LogP contribution in [0.25, 0.3) is 0 Å². The van der Waals surface area contributed by atoms with Gasteiger partial charge in [0.1, 0.15) is 0 Å². The number of nitrogens with one attached hydrogen (secondary N) is 1. The third-order valence-corrected chi connectivity index (χ3v) is 3.96. The van der Waals surface area contributed by atoms with Crippen LogP contribution in [0.4, 0.5) is 0 Å². The van der Waals surface area contributed by atoms with Crippen molar-refractivity contribution in [3.63, 3.8) is 0 Å². The van der Waals surface area contributed by atoms with Crippen molar-refractivity contribution < 1.29 is 0 Å². The molecule has 19 heavy (non-hydrogen) atoms. The molecule has 1 unspecified atom stereocenters. The van der Waals surface area contributed by atoms with Crippen LogP contribution in [0.5, 0.6) is 0 Å². The quantitative estimate of drug-likeness (QED) is 0.878. The first kappa shape index (κ1) is 12.4. The van der Waals surface area contributed by atoms with Crippen molar-refractivity contribution >= 4 is 0 Å². The van der Waals surface area contributed by atoms with Crippen LogP contribution in [-0.2, 0) is 19.3 Å². The van der Waals surface area contributed by atoms with Gasteiger partial charge in [-0.25, -0.2) is 0 Å². The van der Waals surface area contributed by atoms with E-state index >= 15 is 0 Å². The summed E-state index contributed by atoms with van der Waals surface area (Å²) in [6, 6.07) is 20.7. The Bertz CT molecular complexity index is 507. The van der Waals surface area contributed by atoms with E-state index in [0.717, 1.165) is 6.42 Å². The van der Waals surface area contributed by atoms with Gasteiger partial charge in [-0.1, -0.05) is 54.6 Å². The van der Waals surface area contributed by atoms with Crippen molar-refractivity contribution in [3.05, 3.63) is 71.3 Å². The van der Waals surface area contributed by atoms with Gasteiger partial charge < -0.3 is 5.32 Å². The van der Waals surface area contributed by atoms with Crippen LogP contribution in [0.2, 0.25) is 0 Å². The molecule has 1 aliphatic carbocycles. The molecule has 0 aliphatic heterocycles. The summed E-state index contributed by atoms with van der Waals surface area (Å²) in [4.78, 5) is 0. The van der Waals surface area contributed by atoms with Crippen LogP contribution < -0.4 is 5.32 Å². The fraction of sp³-hybridized carbons (Fsp3) is 0.333. The highest BCUT2D eigenvalue weighted by atomic mass is 14.9. The first-order valence-electron chi connectivity index (χ1n) is 7.18. The largest absolute Gasteiger partial charge is 0.311 e. The molecule has 2 aromatic carbocycles. The molecule has 0 saturated heterocycles. The van der Waals surface area contributed by atoms with E-state index in [4.69, 9.17) is 0 Å². The molecule has 1 atom stereocenters. The van der Waals surface area contributed by atoms with Crippen LogP contribution in [0, 0.1) is 0 Å². The minimum Gasteiger partial charge on any atom is -0.311 e. The lowest BCUT2D eigenvalue weighted by atomic mass is 10.1. The minimum atomic E-state index is 0.529. The fourth-order valence-corrected chi connectivity index (χ4v) is 3.11. The first-order chi connectivity index (χ1) is 9.31. The van der Waals surface area contributed by atoms with Gasteiger partial charge in [0.15, 0.2) is 0 Å². The second-order valence-electron chi connectivity index (χ2n) is 5.63. The molecule has 1 aliphatic rings. The molecule has 1 heteroatoms. The molecule has 0 fully saturated rings. The zero-order valence-corrected chi connectivity index (χ0v) is 11.5. The first-order valence-corrected chi connectivity index (χ1v) is 7.18. The number of hydrogen-bond donors (Lipinski definition) is 1. The molecule has 3 rings (SSSR count). The normalized spacial score (nSPS) is 16.3. The van der Waals surface area contributed by atoms with Crippen molar-refractivity contribution in [3.8, 4) is 0 Å². The van der Waals surface area contributed by atoms with Gasteiger partial charge in [-0.15, -0.1) is 0 Å². The Morgan fingerprint density at radius 2 is 1.53 bits per heavy atom. The molecule has 0 amide bonds. The van der Waals surface area contributed by atoms with Crippen molar-refractivity contribution in [2.45, 2.75) is 38.3 Å². The third kappa shape index (κ3) is 3.05. The lowest BCUT2D eigenvalue weighted by Crippen LogP contribution is -2.38. The summed E-state index contributed by atoms with van der Waals surface area (Å²) in [5.74, 6) is 0. The Morgan fingerprint density at radius 3 is 2.16 bits per heavy atom. The molecule has 0 radical (unpaired) electrons. The summed E-state index contributed by atoms with van der Waals surface area (Å²) in [7, 11) is 0. The number of rotatable bonds is 4. The predicted octanol–water partition coefficient (Wildman–Crippen LogP) is 3.37. The summed E-state index contributed by atoms with van der Waals surface area (Å²) < 4.78 is 0. The highest BCUT2D eigenvalue weighted by Gasteiger charge is 2.21. The van der Waals surface area contributed by atoms with Gasteiger partial charge in [0, 0.05) is 12.1 Å². The van der Waals surface area contributed by atoms with Gasteiger partial charge in [0.2, 0.25) is 0 Å². The van der Waals surface area contributed by atoms with E-state index in [1.165, 1.54) is 29.5 Å². The Hall–Kier alpha value is -1.60. The van der Waals surface area contributed by atoms with Gasteiger partial charge in [0.25, 0.3) is 0 Å². The van der Waals surface area contributed by atoms with Crippen molar-refractivity contribution in [1.82, 2.24) is 5.32 Å². The Labute approximate surface area is 115 Å². The molecular weight excluding hydrogens is 230 g/mol. The number of benzene rings is 2. The topological polar surface area (TPSA) is 12.0 Å². The predicted molar refractivity (Wildman–Crippen MR) is 80.4 cm³/mol. The zero-order chi connectivity index (χ0) is 13.1. The monoisotopic (exact) mass is 251 g/mol. The van der Waals surface area contributed by atoms with Crippen LogP contribution in [-0.4, -0.2) is 12.1 Å². The smallest absolute Gasteiger partial charge is 0.0151 e. The molecule has 98 valence electrons.